The lowest BCUT2D eigenvalue weighted by Gasteiger charge is -2.25. The number of carbonyl (C=O) groups is 1. The topological polar surface area (TPSA) is 66.5 Å². The molecule has 0 aromatic heterocycles. The predicted octanol–water partition coefficient (Wildman–Crippen LogP) is 4.76. The quantitative estimate of drug-likeness (QED) is 0.581. The third kappa shape index (κ3) is 5.52. The maximum absolute atomic E-state index is 13.2. The number of para-hydroxylation sites is 1. The second kappa shape index (κ2) is 9.35. The standard InChI is InChI=1S/C25H28N2O3S/c1-18-14-15-22(19(2)16-18)20(3)26-25(28)23-12-8-9-13-24(23)27(31(4,29)30)17-21-10-6-5-7-11-21/h5-16,20H,17H2,1-4H3,(H,26,28)/t20-/m0/s1. The summed E-state index contributed by atoms with van der Waals surface area (Å²) in [5.41, 5.74) is 4.81. The van der Waals surface area contributed by atoms with Crippen molar-refractivity contribution in [1.29, 1.82) is 0 Å². The lowest BCUT2D eigenvalue weighted by atomic mass is 10.00. The molecule has 1 amide bonds. The van der Waals surface area contributed by atoms with Gasteiger partial charge in [-0.1, -0.05) is 66.2 Å². The first-order valence-electron chi connectivity index (χ1n) is 10.2. The van der Waals surface area contributed by atoms with Crippen molar-refractivity contribution in [3.8, 4) is 0 Å². The molecule has 0 fully saturated rings. The van der Waals surface area contributed by atoms with Crippen LogP contribution < -0.4 is 9.62 Å². The molecule has 0 saturated carbocycles. The molecule has 3 aromatic rings. The largest absolute Gasteiger partial charge is 0.345 e. The van der Waals surface area contributed by atoms with Gasteiger partial charge in [-0.3, -0.25) is 9.10 Å². The van der Waals surface area contributed by atoms with Crippen LogP contribution in [0.2, 0.25) is 0 Å². The van der Waals surface area contributed by atoms with Gasteiger partial charge in [0, 0.05) is 0 Å². The summed E-state index contributed by atoms with van der Waals surface area (Å²) in [5.74, 6) is -0.315. The van der Waals surface area contributed by atoms with Gasteiger partial charge in [0.25, 0.3) is 5.91 Å². The van der Waals surface area contributed by atoms with Crippen LogP contribution in [-0.2, 0) is 16.6 Å². The summed E-state index contributed by atoms with van der Waals surface area (Å²) in [5, 5.41) is 3.02. The van der Waals surface area contributed by atoms with Crippen molar-refractivity contribution < 1.29 is 13.2 Å². The van der Waals surface area contributed by atoms with Gasteiger partial charge < -0.3 is 5.32 Å². The Morgan fingerprint density at radius 1 is 0.968 bits per heavy atom. The minimum atomic E-state index is -3.61. The Bertz CT molecular complexity index is 1170. The van der Waals surface area contributed by atoms with Gasteiger partial charge in [-0.15, -0.1) is 0 Å². The van der Waals surface area contributed by atoms with Gasteiger partial charge >= 0.3 is 0 Å². The van der Waals surface area contributed by atoms with E-state index in [1.807, 2.05) is 63.2 Å². The molecule has 0 aliphatic carbocycles. The van der Waals surface area contributed by atoms with Crippen LogP contribution in [0.3, 0.4) is 0 Å². The molecule has 5 nitrogen and oxygen atoms in total. The average molecular weight is 437 g/mol. The molecule has 0 aliphatic heterocycles. The highest BCUT2D eigenvalue weighted by Crippen LogP contribution is 2.26. The molecule has 6 heteroatoms. The third-order valence-electron chi connectivity index (χ3n) is 5.23. The number of hydrogen-bond acceptors (Lipinski definition) is 3. The zero-order valence-electron chi connectivity index (χ0n) is 18.3. The monoisotopic (exact) mass is 436 g/mol. The number of amides is 1. The van der Waals surface area contributed by atoms with E-state index in [9.17, 15) is 13.2 Å². The van der Waals surface area contributed by atoms with E-state index < -0.39 is 10.0 Å². The zero-order valence-corrected chi connectivity index (χ0v) is 19.1. The van der Waals surface area contributed by atoms with Crippen molar-refractivity contribution in [3.05, 3.63) is 101 Å². The molecule has 0 spiro atoms. The van der Waals surface area contributed by atoms with Crippen LogP contribution in [0.4, 0.5) is 5.69 Å². The van der Waals surface area contributed by atoms with Crippen LogP contribution >= 0.6 is 0 Å². The molecule has 3 aromatic carbocycles. The molecule has 1 N–H and O–H groups in total. The summed E-state index contributed by atoms with van der Waals surface area (Å²) in [6, 6.07) is 22.0. The summed E-state index contributed by atoms with van der Waals surface area (Å²) in [4.78, 5) is 13.2. The highest BCUT2D eigenvalue weighted by atomic mass is 32.2. The van der Waals surface area contributed by atoms with E-state index in [0.717, 1.165) is 28.5 Å². The molecule has 0 unspecified atom stereocenters. The number of rotatable bonds is 7. The Labute approximate surface area is 184 Å². The van der Waals surface area contributed by atoms with E-state index in [-0.39, 0.29) is 18.5 Å². The summed E-state index contributed by atoms with van der Waals surface area (Å²) < 4.78 is 26.5. The van der Waals surface area contributed by atoms with Crippen molar-refractivity contribution in [2.45, 2.75) is 33.4 Å². The maximum atomic E-state index is 13.2. The van der Waals surface area contributed by atoms with E-state index in [4.69, 9.17) is 0 Å². The fourth-order valence-electron chi connectivity index (χ4n) is 3.68. The maximum Gasteiger partial charge on any atom is 0.253 e. The number of anilines is 1. The molecule has 0 radical (unpaired) electrons. The van der Waals surface area contributed by atoms with Crippen LogP contribution in [0.1, 0.15) is 45.6 Å². The molecule has 162 valence electrons. The number of benzene rings is 3. The number of nitrogens with zero attached hydrogens (tertiary/aromatic N) is 1. The van der Waals surface area contributed by atoms with Crippen molar-refractivity contribution in [2.75, 3.05) is 10.6 Å². The number of aryl methyl sites for hydroxylation is 2. The highest BCUT2D eigenvalue weighted by Gasteiger charge is 2.24. The first-order chi connectivity index (χ1) is 14.7. The van der Waals surface area contributed by atoms with Gasteiger partial charge in [-0.2, -0.15) is 0 Å². The fraction of sp³-hybridized carbons (Fsp3) is 0.240. The fourth-order valence-corrected chi connectivity index (χ4v) is 4.58. The molecule has 0 aliphatic rings. The number of sulfonamides is 1. The van der Waals surface area contributed by atoms with Gasteiger partial charge in [0.15, 0.2) is 0 Å². The summed E-state index contributed by atoms with van der Waals surface area (Å²) in [7, 11) is -3.61. The Hall–Kier alpha value is -3.12. The number of carbonyl (C=O) groups excluding carboxylic acids is 1. The van der Waals surface area contributed by atoms with Gasteiger partial charge in [-0.25, -0.2) is 8.42 Å². The number of nitrogens with one attached hydrogen (secondary N) is 1. The molecular formula is C25H28N2O3S. The second-order valence-electron chi connectivity index (χ2n) is 7.83. The normalized spacial score (nSPS) is 12.3. The smallest absolute Gasteiger partial charge is 0.253 e. The molecule has 0 heterocycles. The molecule has 0 saturated heterocycles. The lowest BCUT2D eigenvalue weighted by molar-refractivity contribution is 0.0940. The SMILES string of the molecule is Cc1ccc([C@H](C)NC(=O)c2ccccc2N(Cc2ccccc2)S(C)(=O)=O)c(C)c1. The van der Waals surface area contributed by atoms with Crippen LogP contribution in [0.5, 0.6) is 0 Å². The summed E-state index contributed by atoms with van der Waals surface area (Å²) >= 11 is 0. The Kier molecular flexibility index (Phi) is 6.81. The van der Waals surface area contributed by atoms with Crippen LogP contribution in [0.25, 0.3) is 0 Å². The van der Waals surface area contributed by atoms with Crippen molar-refractivity contribution in [3.63, 3.8) is 0 Å². The molecular weight excluding hydrogens is 408 g/mol. The molecule has 1 atom stereocenters. The Morgan fingerprint density at radius 2 is 1.61 bits per heavy atom. The van der Waals surface area contributed by atoms with Gasteiger partial charge in [0.2, 0.25) is 10.0 Å². The minimum Gasteiger partial charge on any atom is -0.345 e. The van der Waals surface area contributed by atoms with E-state index >= 15 is 0 Å². The van der Waals surface area contributed by atoms with E-state index in [1.165, 1.54) is 4.31 Å². The van der Waals surface area contributed by atoms with Gasteiger partial charge in [0.1, 0.15) is 0 Å². The number of hydrogen-bond donors (Lipinski definition) is 1. The molecule has 3 rings (SSSR count). The second-order valence-corrected chi connectivity index (χ2v) is 9.73. The van der Waals surface area contributed by atoms with Crippen LogP contribution in [0, 0.1) is 13.8 Å². The van der Waals surface area contributed by atoms with Crippen LogP contribution in [-0.4, -0.2) is 20.6 Å². The summed E-state index contributed by atoms with van der Waals surface area (Å²) in [6.45, 7) is 6.13. The minimum absolute atomic E-state index is 0.149. The summed E-state index contributed by atoms with van der Waals surface area (Å²) in [6.07, 6.45) is 1.16. The average Bonchev–Trinajstić information content (AvgIpc) is 2.72. The third-order valence-corrected chi connectivity index (χ3v) is 6.35. The molecule has 0 bridgehead atoms. The van der Waals surface area contributed by atoms with Crippen molar-refractivity contribution in [1.82, 2.24) is 5.32 Å². The molecule has 31 heavy (non-hydrogen) atoms. The van der Waals surface area contributed by atoms with Crippen LogP contribution in [0.15, 0.2) is 72.8 Å². The van der Waals surface area contributed by atoms with E-state index in [2.05, 4.69) is 11.4 Å². The first-order valence-corrected chi connectivity index (χ1v) is 12.0. The highest BCUT2D eigenvalue weighted by molar-refractivity contribution is 7.92. The first kappa shape index (κ1) is 22.6. The Balaban J connectivity index is 1.92. The predicted molar refractivity (Wildman–Crippen MR) is 126 cm³/mol. The van der Waals surface area contributed by atoms with Gasteiger partial charge in [0.05, 0.1) is 30.1 Å². The van der Waals surface area contributed by atoms with Gasteiger partial charge in [-0.05, 0) is 49.6 Å². The Morgan fingerprint density at radius 3 is 2.26 bits per heavy atom. The zero-order chi connectivity index (χ0) is 22.6. The van der Waals surface area contributed by atoms with E-state index in [0.29, 0.717) is 11.3 Å². The lowest BCUT2D eigenvalue weighted by Crippen LogP contribution is -2.33. The van der Waals surface area contributed by atoms with E-state index in [1.54, 1.807) is 24.3 Å². The van der Waals surface area contributed by atoms with Crippen molar-refractivity contribution >= 4 is 21.6 Å². The van der Waals surface area contributed by atoms with Crippen molar-refractivity contribution in [2.24, 2.45) is 0 Å².